The summed E-state index contributed by atoms with van der Waals surface area (Å²) in [5, 5.41) is 5.08. The number of hydrogen-bond acceptors (Lipinski definition) is 3. The molecule has 4 aromatic carbocycles. The van der Waals surface area contributed by atoms with Crippen LogP contribution in [-0.4, -0.2) is 25.4 Å². The molecular formula is C30H29N3O3S. The standard InChI is InChI=1S/C30H29N3O3S/c1-4-32-28-13-9-8-12-26(28)27-19-23(14-15-29(27)32)31-30(34)20-33(24-17-21(2)16-22(3)18-24)37(35,36)25-10-6-5-7-11-25/h5-19H,4,20H2,1-3H3,(H,31,34). The first-order valence-electron chi connectivity index (χ1n) is 12.2. The summed E-state index contributed by atoms with van der Waals surface area (Å²) < 4.78 is 30.7. The molecule has 0 spiro atoms. The van der Waals surface area contributed by atoms with Crippen molar-refractivity contribution in [1.82, 2.24) is 4.57 Å². The number of rotatable bonds is 7. The Balaban J connectivity index is 1.50. The van der Waals surface area contributed by atoms with E-state index < -0.39 is 15.9 Å². The van der Waals surface area contributed by atoms with Crippen molar-refractivity contribution in [2.75, 3.05) is 16.2 Å². The Hall–Kier alpha value is -4.10. The molecule has 1 aromatic heterocycles. The lowest BCUT2D eigenvalue weighted by molar-refractivity contribution is -0.114. The van der Waals surface area contributed by atoms with Crippen LogP contribution in [0.3, 0.4) is 0 Å². The van der Waals surface area contributed by atoms with Crippen molar-refractivity contribution in [3.8, 4) is 0 Å². The molecule has 0 aliphatic rings. The number of nitrogens with zero attached hydrogens (tertiary/aromatic N) is 2. The third-order valence-corrected chi connectivity index (χ3v) is 8.27. The largest absolute Gasteiger partial charge is 0.341 e. The van der Waals surface area contributed by atoms with Crippen molar-refractivity contribution < 1.29 is 13.2 Å². The molecule has 5 rings (SSSR count). The van der Waals surface area contributed by atoms with Gasteiger partial charge in [-0.1, -0.05) is 42.5 Å². The maximum absolute atomic E-state index is 13.6. The highest BCUT2D eigenvalue weighted by Gasteiger charge is 2.27. The second kappa shape index (κ2) is 9.75. The third kappa shape index (κ3) is 4.70. The number of amides is 1. The highest BCUT2D eigenvalue weighted by molar-refractivity contribution is 7.92. The first kappa shape index (κ1) is 24.6. The van der Waals surface area contributed by atoms with E-state index in [-0.39, 0.29) is 11.4 Å². The van der Waals surface area contributed by atoms with E-state index in [0.29, 0.717) is 11.4 Å². The van der Waals surface area contributed by atoms with Gasteiger partial charge in [0, 0.05) is 34.0 Å². The number of aromatic nitrogens is 1. The zero-order valence-corrected chi connectivity index (χ0v) is 21.9. The van der Waals surface area contributed by atoms with Crippen LogP contribution in [0.4, 0.5) is 11.4 Å². The Morgan fingerprint density at radius 3 is 2.16 bits per heavy atom. The average molecular weight is 512 g/mol. The number of benzene rings is 4. The molecule has 7 heteroatoms. The second-order valence-electron chi connectivity index (χ2n) is 9.21. The first-order valence-corrected chi connectivity index (χ1v) is 13.7. The Bertz CT molecular complexity index is 1700. The number of anilines is 2. The molecule has 0 radical (unpaired) electrons. The quantitative estimate of drug-likeness (QED) is 0.280. The topological polar surface area (TPSA) is 71.4 Å². The van der Waals surface area contributed by atoms with Gasteiger partial charge in [-0.25, -0.2) is 8.42 Å². The number of aryl methyl sites for hydroxylation is 3. The van der Waals surface area contributed by atoms with Crippen LogP contribution in [0.2, 0.25) is 0 Å². The average Bonchev–Trinajstić information content (AvgIpc) is 3.20. The highest BCUT2D eigenvalue weighted by atomic mass is 32.2. The summed E-state index contributed by atoms with van der Waals surface area (Å²) in [6.07, 6.45) is 0. The smallest absolute Gasteiger partial charge is 0.264 e. The van der Waals surface area contributed by atoms with E-state index in [2.05, 4.69) is 28.9 Å². The molecule has 0 atom stereocenters. The highest BCUT2D eigenvalue weighted by Crippen LogP contribution is 2.31. The van der Waals surface area contributed by atoms with E-state index in [9.17, 15) is 13.2 Å². The second-order valence-corrected chi connectivity index (χ2v) is 11.1. The van der Waals surface area contributed by atoms with Gasteiger partial charge in [0.15, 0.2) is 0 Å². The van der Waals surface area contributed by atoms with Crippen LogP contribution < -0.4 is 9.62 Å². The third-order valence-electron chi connectivity index (χ3n) is 6.49. The Morgan fingerprint density at radius 1 is 0.811 bits per heavy atom. The van der Waals surface area contributed by atoms with Crippen LogP contribution in [0.25, 0.3) is 21.8 Å². The predicted molar refractivity (Wildman–Crippen MR) is 151 cm³/mol. The molecule has 188 valence electrons. The van der Waals surface area contributed by atoms with Gasteiger partial charge in [-0.2, -0.15) is 0 Å². The molecule has 5 aromatic rings. The minimum absolute atomic E-state index is 0.135. The molecule has 1 N–H and O–H groups in total. The number of carbonyl (C=O) groups is 1. The van der Waals surface area contributed by atoms with Gasteiger partial charge < -0.3 is 9.88 Å². The molecule has 0 aliphatic carbocycles. The van der Waals surface area contributed by atoms with Gasteiger partial charge in [0.05, 0.1) is 10.6 Å². The van der Waals surface area contributed by atoms with Crippen LogP contribution in [0.5, 0.6) is 0 Å². The zero-order valence-electron chi connectivity index (χ0n) is 21.1. The van der Waals surface area contributed by atoms with E-state index >= 15 is 0 Å². The molecule has 0 unspecified atom stereocenters. The minimum atomic E-state index is -3.97. The van der Waals surface area contributed by atoms with Crippen LogP contribution in [-0.2, 0) is 21.4 Å². The number of sulfonamides is 1. The molecule has 0 bridgehead atoms. The van der Waals surface area contributed by atoms with Crippen molar-refractivity contribution in [3.05, 3.63) is 102 Å². The molecule has 6 nitrogen and oxygen atoms in total. The lowest BCUT2D eigenvalue weighted by atomic mass is 10.1. The van der Waals surface area contributed by atoms with E-state index in [1.165, 1.54) is 4.31 Å². The van der Waals surface area contributed by atoms with E-state index in [1.807, 2.05) is 50.2 Å². The number of hydrogen-bond donors (Lipinski definition) is 1. The van der Waals surface area contributed by atoms with Crippen LogP contribution >= 0.6 is 0 Å². The van der Waals surface area contributed by atoms with Crippen molar-refractivity contribution in [1.29, 1.82) is 0 Å². The lowest BCUT2D eigenvalue weighted by Gasteiger charge is -2.25. The fraction of sp³-hybridized carbons (Fsp3) is 0.167. The van der Waals surface area contributed by atoms with Gasteiger partial charge in [0.2, 0.25) is 5.91 Å². The summed E-state index contributed by atoms with van der Waals surface area (Å²) in [5.74, 6) is -0.419. The molecule has 37 heavy (non-hydrogen) atoms. The Morgan fingerprint density at radius 2 is 1.46 bits per heavy atom. The van der Waals surface area contributed by atoms with E-state index in [0.717, 1.165) is 39.5 Å². The Kier molecular flexibility index (Phi) is 6.48. The zero-order chi connectivity index (χ0) is 26.2. The fourth-order valence-electron chi connectivity index (χ4n) is 4.93. The summed E-state index contributed by atoms with van der Waals surface area (Å²) in [7, 11) is -3.97. The van der Waals surface area contributed by atoms with Crippen LogP contribution in [0, 0.1) is 13.8 Å². The molecular weight excluding hydrogens is 482 g/mol. The van der Waals surface area contributed by atoms with Crippen molar-refractivity contribution in [3.63, 3.8) is 0 Å². The van der Waals surface area contributed by atoms with E-state index in [4.69, 9.17) is 0 Å². The monoisotopic (exact) mass is 511 g/mol. The van der Waals surface area contributed by atoms with Gasteiger partial charge in [0.25, 0.3) is 10.0 Å². The SMILES string of the molecule is CCn1c2ccccc2c2cc(NC(=O)CN(c3cc(C)cc(C)c3)S(=O)(=O)c3ccccc3)ccc21. The summed E-state index contributed by atoms with van der Waals surface area (Å²) in [6, 6.07) is 27.7. The molecule has 0 saturated heterocycles. The molecule has 1 heterocycles. The van der Waals surface area contributed by atoms with Crippen molar-refractivity contribution >= 4 is 49.1 Å². The lowest BCUT2D eigenvalue weighted by Crippen LogP contribution is -2.38. The van der Waals surface area contributed by atoms with Crippen LogP contribution in [0.15, 0.2) is 95.9 Å². The molecule has 1 amide bonds. The summed E-state index contributed by atoms with van der Waals surface area (Å²) >= 11 is 0. The molecule has 0 aliphatic heterocycles. The normalized spacial score (nSPS) is 11.6. The Labute approximate surface area is 217 Å². The summed E-state index contributed by atoms with van der Waals surface area (Å²) in [5.41, 5.74) is 5.14. The number of para-hydroxylation sites is 1. The van der Waals surface area contributed by atoms with E-state index in [1.54, 1.807) is 42.5 Å². The van der Waals surface area contributed by atoms with Crippen LogP contribution in [0.1, 0.15) is 18.1 Å². The number of fused-ring (bicyclic) bond motifs is 3. The number of nitrogens with one attached hydrogen (secondary N) is 1. The van der Waals surface area contributed by atoms with Crippen molar-refractivity contribution in [2.24, 2.45) is 0 Å². The van der Waals surface area contributed by atoms with Gasteiger partial charge in [-0.3, -0.25) is 9.10 Å². The van der Waals surface area contributed by atoms with Gasteiger partial charge >= 0.3 is 0 Å². The maximum atomic E-state index is 13.6. The number of carbonyl (C=O) groups excluding carboxylic acids is 1. The van der Waals surface area contributed by atoms with Gasteiger partial charge in [-0.05, 0) is 80.4 Å². The summed E-state index contributed by atoms with van der Waals surface area (Å²) in [4.78, 5) is 13.4. The van der Waals surface area contributed by atoms with Gasteiger partial charge in [0.1, 0.15) is 6.54 Å². The maximum Gasteiger partial charge on any atom is 0.264 e. The minimum Gasteiger partial charge on any atom is -0.341 e. The predicted octanol–water partition coefficient (Wildman–Crippen LogP) is 6.27. The summed E-state index contributed by atoms with van der Waals surface area (Å²) in [6.45, 7) is 6.40. The first-order chi connectivity index (χ1) is 17.8. The fourth-order valence-corrected chi connectivity index (χ4v) is 6.36. The molecule has 0 fully saturated rings. The molecule has 0 saturated carbocycles. The van der Waals surface area contributed by atoms with Crippen molar-refractivity contribution in [2.45, 2.75) is 32.2 Å². The van der Waals surface area contributed by atoms with Gasteiger partial charge in [-0.15, -0.1) is 0 Å².